The van der Waals surface area contributed by atoms with Crippen LogP contribution in [0, 0.1) is 5.92 Å². The number of piperidine rings is 1. The Morgan fingerprint density at radius 3 is 2.52 bits per heavy atom. The Morgan fingerprint density at radius 2 is 1.84 bits per heavy atom. The van der Waals surface area contributed by atoms with Gasteiger partial charge in [0.25, 0.3) is 5.91 Å². The molecule has 6 heteroatoms. The SMILES string of the molecule is CCn1c(C(=O)N2CCC(C(=O)N3CCCC3)CC2)cc2sccc21. The first-order chi connectivity index (χ1) is 12.2. The van der Waals surface area contributed by atoms with Crippen molar-refractivity contribution < 1.29 is 9.59 Å². The molecule has 2 aliphatic rings. The lowest BCUT2D eigenvalue weighted by Gasteiger charge is -2.33. The highest BCUT2D eigenvalue weighted by Crippen LogP contribution is 2.28. The van der Waals surface area contributed by atoms with Crippen LogP contribution in [0.25, 0.3) is 10.2 Å². The van der Waals surface area contributed by atoms with Gasteiger partial charge in [-0.15, -0.1) is 11.3 Å². The lowest BCUT2D eigenvalue weighted by molar-refractivity contribution is -0.135. The fourth-order valence-electron chi connectivity index (χ4n) is 4.18. The van der Waals surface area contributed by atoms with E-state index in [9.17, 15) is 9.59 Å². The fraction of sp³-hybridized carbons (Fsp3) is 0.579. The van der Waals surface area contributed by atoms with Crippen LogP contribution in [-0.4, -0.2) is 52.4 Å². The monoisotopic (exact) mass is 359 g/mol. The van der Waals surface area contributed by atoms with Gasteiger partial charge in [0.15, 0.2) is 0 Å². The number of aromatic nitrogens is 1. The predicted molar refractivity (Wildman–Crippen MR) is 99.9 cm³/mol. The molecule has 2 aliphatic heterocycles. The third-order valence-corrected chi connectivity index (χ3v) is 6.46. The summed E-state index contributed by atoms with van der Waals surface area (Å²) in [4.78, 5) is 29.5. The summed E-state index contributed by atoms with van der Waals surface area (Å²) in [5, 5.41) is 2.07. The van der Waals surface area contributed by atoms with Crippen LogP contribution in [-0.2, 0) is 11.3 Å². The molecule has 5 nitrogen and oxygen atoms in total. The molecular formula is C19H25N3O2S. The van der Waals surface area contributed by atoms with Gasteiger partial charge in [0.05, 0.1) is 10.2 Å². The summed E-state index contributed by atoms with van der Waals surface area (Å²) in [5.74, 6) is 0.517. The lowest BCUT2D eigenvalue weighted by Crippen LogP contribution is -2.44. The third kappa shape index (κ3) is 2.97. The van der Waals surface area contributed by atoms with Crippen molar-refractivity contribution in [1.82, 2.24) is 14.4 Å². The van der Waals surface area contributed by atoms with E-state index in [0.717, 1.165) is 56.5 Å². The molecule has 0 atom stereocenters. The van der Waals surface area contributed by atoms with E-state index in [-0.39, 0.29) is 11.8 Å². The number of thiophene rings is 1. The standard InChI is InChI=1S/C19H25N3O2S/c1-2-22-15-7-12-25-17(15)13-16(22)19(24)21-10-5-14(6-11-21)18(23)20-8-3-4-9-20/h7,12-14H,2-6,8-11H2,1H3. The number of fused-ring (bicyclic) bond motifs is 1. The maximum absolute atomic E-state index is 13.0. The van der Waals surface area contributed by atoms with Gasteiger partial charge < -0.3 is 14.4 Å². The Hall–Kier alpha value is -1.82. The molecule has 134 valence electrons. The zero-order valence-electron chi connectivity index (χ0n) is 14.7. The highest BCUT2D eigenvalue weighted by atomic mass is 32.1. The summed E-state index contributed by atoms with van der Waals surface area (Å²) >= 11 is 1.68. The van der Waals surface area contributed by atoms with Crippen molar-refractivity contribution >= 4 is 33.4 Å². The molecule has 0 N–H and O–H groups in total. The van der Waals surface area contributed by atoms with Crippen LogP contribution < -0.4 is 0 Å². The van der Waals surface area contributed by atoms with E-state index in [1.807, 2.05) is 15.9 Å². The molecule has 0 unspecified atom stereocenters. The van der Waals surface area contributed by atoms with E-state index in [0.29, 0.717) is 19.0 Å². The van der Waals surface area contributed by atoms with Crippen LogP contribution in [0.4, 0.5) is 0 Å². The van der Waals surface area contributed by atoms with Gasteiger partial charge in [0.2, 0.25) is 5.91 Å². The molecule has 4 heterocycles. The van der Waals surface area contributed by atoms with E-state index in [2.05, 4.69) is 22.9 Å². The maximum Gasteiger partial charge on any atom is 0.270 e. The highest BCUT2D eigenvalue weighted by Gasteiger charge is 2.32. The van der Waals surface area contributed by atoms with E-state index < -0.39 is 0 Å². The van der Waals surface area contributed by atoms with Crippen molar-refractivity contribution in [3.63, 3.8) is 0 Å². The molecule has 2 aromatic rings. The van der Waals surface area contributed by atoms with Crippen molar-refractivity contribution in [2.45, 2.75) is 39.2 Å². The second-order valence-corrected chi connectivity index (χ2v) is 7.99. The average molecular weight is 359 g/mol. The number of aryl methyl sites for hydroxylation is 1. The van der Waals surface area contributed by atoms with Gasteiger partial charge >= 0.3 is 0 Å². The second kappa shape index (κ2) is 6.83. The van der Waals surface area contributed by atoms with Gasteiger partial charge in [0.1, 0.15) is 5.69 Å². The summed E-state index contributed by atoms with van der Waals surface area (Å²) in [5.41, 5.74) is 1.93. The number of likely N-dealkylation sites (tertiary alicyclic amines) is 2. The Bertz CT molecular complexity index is 780. The molecule has 2 fully saturated rings. The van der Waals surface area contributed by atoms with Gasteiger partial charge in [-0.2, -0.15) is 0 Å². The largest absolute Gasteiger partial charge is 0.342 e. The maximum atomic E-state index is 13.0. The zero-order chi connectivity index (χ0) is 17.4. The molecule has 25 heavy (non-hydrogen) atoms. The minimum absolute atomic E-state index is 0.101. The van der Waals surface area contributed by atoms with Crippen LogP contribution >= 0.6 is 11.3 Å². The number of hydrogen-bond donors (Lipinski definition) is 0. The van der Waals surface area contributed by atoms with Gasteiger partial charge in [-0.1, -0.05) is 0 Å². The molecule has 0 aliphatic carbocycles. The Balaban J connectivity index is 1.43. The van der Waals surface area contributed by atoms with Crippen molar-refractivity contribution in [2.75, 3.05) is 26.2 Å². The van der Waals surface area contributed by atoms with Crippen LogP contribution in [0.2, 0.25) is 0 Å². The van der Waals surface area contributed by atoms with Gasteiger partial charge in [0, 0.05) is 38.6 Å². The normalized spacial score (nSPS) is 19.1. The van der Waals surface area contributed by atoms with Crippen molar-refractivity contribution in [3.05, 3.63) is 23.2 Å². The second-order valence-electron chi connectivity index (χ2n) is 7.04. The van der Waals surface area contributed by atoms with Crippen molar-refractivity contribution in [2.24, 2.45) is 5.92 Å². The predicted octanol–water partition coefficient (Wildman–Crippen LogP) is 3.20. The number of hydrogen-bond acceptors (Lipinski definition) is 3. The highest BCUT2D eigenvalue weighted by molar-refractivity contribution is 7.17. The number of carbonyl (C=O) groups excluding carboxylic acids is 2. The molecule has 0 radical (unpaired) electrons. The molecular weight excluding hydrogens is 334 g/mol. The van der Waals surface area contributed by atoms with E-state index in [4.69, 9.17) is 0 Å². The molecule has 4 rings (SSSR count). The Morgan fingerprint density at radius 1 is 1.12 bits per heavy atom. The first-order valence-electron chi connectivity index (χ1n) is 9.34. The number of nitrogens with zero attached hydrogens (tertiary/aromatic N) is 3. The van der Waals surface area contributed by atoms with Gasteiger partial charge in [-0.05, 0) is 50.1 Å². The van der Waals surface area contributed by atoms with Gasteiger partial charge in [-0.25, -0.2) is 0 Å². The Kier molecular flexibility index (Phi) is 4.54. The van der Waals surface area contributed by atoms with E-state index in [1.54, 1.807) is 11.3 Å². The van der Waals surface area contributed by atoms with Crippen molar-refractivity contribution in [3.8, 4) is 0 Å². The molecule has 0 aromatic carbocycles. The third-order valence-electron chi connectivity index (χ3n) is 5.61. The minimum atomic E-state index is 0.101. The number of carbonyl (C=O) groups is 2. The smallest absolute Gasteiger partial charge is 0.270 e. The first kappa shape index (κ1) is 16.6. The van der Waals surface area contributed by atoms with Crippen LogP contribution in [0.1, 0.15) is 43.1 Å². The summed E-state index contributed by atoms with van der Waals surface area (Å²) in [7, 11) is 0. The average Bonchev–Trinajstić information content (AvgIpc) is 3.37. The molecule has 0 bridgehead atoms. The Labute approximate surface area is 152 Å². The molecule has 0 saturated carbocycles. The molecule has 0 spiro atoms. The number of amides is 2. The lowest BCUT2D eigenvalue weighted by atomic mass is 9.95. The summed E-state index contributed by atoms with van der Waals surface area (Å²) in [6, 6.07) is 4.11. The molecule has 2 saturated heterocycles. The van der Waals surface area contributed by atoms with Gasteiger partial charge in [-0.3, -0.25) is 9.59 Å². The van der Waals surface area contributed by atoms with Crippen molar-refractivity contribution in [1.29, 1.82) is 0 Å². The topological polar surface area (TPSA) is 45.6 Å². The van der Waals surface area contributed by atoms with Crippen LogP contribution in [0.15, 0.2) is 17.5 Å². The van der Waals surface area contributed by atoms with E-state index >= 15 is 0 Å². The zero-order valence-corrected chi connectivity index (χ0v) is 15.6. The van der Waals surface area contributed by atoms with Crippen LogP contribution in [0.3, 0.4) is 0 Å². The summed E-state index contributed by atoms with van der Waals surface area (Å²) in [6.07, 6.45) is 3.85. The molecule has 2 amide bonds. The van der Waals surface area contributed by atoms with Crippen LogP contribution in [0.5, 0.6) is 0 Å². The number of rotatable bonds is 3. The first-order valence-corrected chi connectivity index (χ1v) is 10.2. The fourth-order valence-corrected chi connectivity index (χ4v) is 5.00. The minimum Gasteiger partial charge on any atom is -0.342 e. The molecule has 2 aromatic heterocycles. The quantitative estimate of drug-likeness (QED) is 0.845. The summed E-state index contributed by atoms with van der Waals surface area (Å²) < 4.78 is 3.28. The van der Waals surface area contributed by atoms with E-state index in [1.165, 1.54) is 4.70 Å². The summed E-state index contributed by atoms with van der Waals surface area (Å²) in [6.45, 7) is 6.08.